The zero-order chi connectivity index (χ0) is 14.7. The smallest absolute Gasteiger partial charge is 0.308 e. The Labute approximate surface area is 119 Å². The molecule has 1 amide bonds. The predicted octanol–water partition coefficient (Wildman–Crippen LogP) is 2.67. The fraction of sp³-hybridized carbons (Fsp3) is 0.857. The Bertz CT molecular complexity index is 351. The van der Waals surface area contributed by atoms with E-state index < -0.39 is 17.4 Å². The monoisotopic (exact) mass is 287 g/mol. The molecule has 0 radical (unpaired) electrons. The topological polar surface area (TPSA) is 66.4 Å². The Morgan fingerprint density at radius 1 is 1.37 bits per heavy atom. The lowest BCUT2D eigenvalue weighted by atomic mass is 9.74. The highest BCUT2D eigenvalue weighted by Crippen LogP contribution is 2.34. The summed E-state index contributed by atoms with van der Waals surface area (Å²) in [5.41, 5.74) is -0.598. The van der Waals surface area contributed by atoms with Gasteiger partial charge in [-0.15, -0.1) is 11.8 Å². The number of hydrogen-bond acceptors (Lipinski definition) is 3. The van der Waals surface area contributed by atoms with Gasteiger partial charge in [0.1, 0.15) is 0 Å². The van der Waals surface area contributed by atoms with Crippen LogP contribution in [-0.4, -0.2) is 33.0 Å². The molecule has 0 spiro atoms. The van der Waals surface area contributed by atoms with Crippen molar-refractivity contribution in [2.45, 2.75) is 63.7 Å². The van der Waals surface area contributed by atoms with Gasteiger partial charge >= 0.3 is 5.97 Å². The van der Waals surface area contributed by atoms with Gasteiger partial charge in [0.2, 0.25) is 5.91 Å². The van der Waals surface area contributed by atoms with Crippen molar-refractivity contribution in [3.63, 3.8) is 0 Å². The maximum Gasteiger partial charge on any atom is 0.308 e. The Hall–Kier alpha value is -0.710. The molecule has 1 fully saturated rings. The maximum atomic E-state index is 12.0. The summed E-state index contributed by atoms with van der Waals surface area (Å²) in [5.74, 6) is -0.947. The van der Waals surface area contributed by atoms with Crippen LogP contribution < -0.4 is 5.32 Å². The van der Waals surface area contributed by atoms with Crippen LogP contribution in [0.4, 0.5) is 0 Å². The van der Waals surface area contributed by atoms with Gasteiger partial charge < -0.3 is 10.4 Å². The van der Waals surface area contributed by atoms with Crippen molar-refractivity contribution in [3.05, 3.63) is 0 Å². The third-order valence-electron chi connectivity index (χ3n) is 3.57. The molecule has 0 aromatic rings. The van der Waals surface area contributed by atoms with Crippen LogP contribution in [0.15, 0.2) is 0 Å². The summed E-state index contributed by atoms with van der Waals surface area (Å²) in [6, 6.07) is 0. The molecule has 1 aliphatic rings. The van der Waals surface area contributed by atoms with Gasteiger partial charge in [0.05, 0.1) is 17.2 Å². The fourth-order valence-electron chi connectivity index (χ4n) is 2.52. The van der Waals surface area contributed by atoms with Crippen molar-refractivity contribution in [2.75, 3.05) is 5.75 Å². The van der Waals surface area contributed by atoms with Crippen molar-refractivity contribution < 1.29 is 14.7 Å². The first-order valence-electron chi connectivity index (χ1n) is 6.82. The highest BCUT2D eigenvalue weighted by atomic mass is 32.2. The molecular formula is C14H25NO3S. The third-order valence-corrected chi connectivity index (χ3v) is 4.84. The molecule has 1 saturated carbocycles. The molecule has 2 N–H and O–H groups in total. The molecule has 0 aromatic carbocycles. The summed E-state index contributed by atoms with van der Waals surface area (Å²) in [4.78, 5) is 23.3. The Balaban J connectivity index is 2.61. The van der Waals surface area contributed by atoms with E-state index >= 15 is 0 Å². The van der Waals surface area contributed by atoms with E-state index in [4.69, 9.17) is 0 Å². The van der Waals surface area contributed by atoms with Crippen LogP contribution >= 0.6 is 11.8 Å². The average Bonchev–Trinajstić information content (AvgIpc) is 2.25. The van der Waals surface area contributed by atoms with E-state index in [2.05, 4.69) is 26.1 Å². The molecule has 0 aromatic heterocycles. The SMILES string of the molecule is CC(C)(C)SCC(=O)NC1(C)CCCCC1C(=O)O. The average molecular weight is 287 g/mol. The van der Waals surface area contributed by atoms with E-state index in [0.29, 0.717) is 12.2 Å². The fourth-order valence-corrected chi connectivity index (χ4v) is 3.15. The largest absolute Gasteiger partial charge is 0.481 e. The van der Waals surface area contributed by atoms with Crippen LogP contribution in [0.3, 0.4) is 0 Å². The van der Waals surface area contributed by atoms with E-state index in [0.717, 1.165) is 19.3 Å². The molecular weight excluding hydrogens is 262 g/mol. The summed E-state index contributed by atoms with van der Waals surface area (Å²) in [6.45, 7) is 8.05. The van der Waals surface area contributed by atoms with Crippen molar-refractivity contribution in [3.8, 4) is 0 Å². The second-order valence-corrected chi connectivity index (χ2v) is 8.31. The van der Waals surface area contributed by atoms with Gasteiger partial charge in [0.15, 0.2) is 0 Å². The van der Waals surface area contributed by atoms with Crippen LogP contribution in [0.2, 0.25) is 0 Å². The minimum atomic E-state index is -0.800. The Morgan fingerprint density at radius 3 is 2.53 bits per heavy atom. The van der Waals surface area contributed by atoms with Crippen LogP contribution in [-0.2, 0) is 9.59 Å². The number of carboxylic acids is 1. The van der Waals surface area contributed by atoms with Crippen molar-refractivity contribution in [1.29, 1.82) is 0 Å². The van der Waals surface area contributed by atoms with Gasteiger partial charge in [-0.25, -0.2) is 0 Å². The van der Waals surface area contributed by atoms with Gasteiger partial charge in [-0.3, -0.25) is 9.59 Å². The molecule has 2 atom stereocenters. The predicted molar refractivity (Wildman–Crippen MR) is 78.4 cm³/mol. The molecule has 0 aliphatic heterocycles. The lowest BCUT2D eigenvalue weighted by molar-refractivity contribution is -0.146. The standard InChI is InChI=1S/C14H25NO3S/c1-13(2,3)19-9-11(16)15-14(4)8-6-5-7-10(14)12(17)18/h10H,5-9H2,1-4H3,(H,15,16)(H,17,18). The zero-order valence-corrected chi connectivity index (χ0v) is 13.1. The summed E-state index contributed by atoms with van der Waals surface area (Å²) in [7, 11) is 0. The van der Waals surface area contributed by atoms with Crippen LogP contribution in [0.1, 0.15) is 53.4 Å². The lowest BCUT2D eigenvalue weighted by Crippen LogP contribution is -2.56. The minimum Gasteiger partial charge on any atom is -0.481 e. The number of amides is 1. The van der Waals surface area contributed by atoms with Gasteiger partial charge in [0.25, 0.3) is 0 Å². The molecule has 1 rings (SSSR count). The Kier molecular flexibility index (Phi) is 5.30. The quantitative estimate of drug-likeness (QED) is 0.834. The summed E-state index contributed by atoms with van der Waals surface area (Å²) in [6.07, 6.45) is 3.31. The van der Waals surface area contributed by atoms with Crippen LogP contribution in [0.5, 0.6) is 0 Å². The molecule has 0 heterocycles. The number of hydrogen-bond donors (Lipinski definition) is 2. The summed E-state index contributed by atoms with van der Waals surface area (Å²) < 4.78 is 0.0387. The molecule has 2 unspecified atom stereocenters. The van der Waals surface area contributed by atoms with E-state index in [9.17, 15) is 14.7 Å². The van der Waals surface area contributed by atoms with E-state index in [1.807, 2.05) is 6.92 Å². The molecule has 0 saturated heterocycles. The molecule has 5 heteroatoms. The van der Waals surface area contributed by atoms with Gasteiger partial charge in [-0.05, 0) is 19.8 Å². The van der Waals surface area contributed by atoms with Crippen molar-refractivity contribution >= 4 is 23.6 Å². The highest BCUT2D eigenvalue weighted by Gasteiger charge is 2.42. The van der Waals surface area contributed by atoms with Crippen LogP contribution in [0.25, 0.3) is 0 Å². The normalized spacial score (nSPS) is 27.9. The third kappa shape index (κ3) is 5.05. The van der Waals surface area contributed by atoms with Crippen LogP contribution in [0, 0.1) is 5.92 Å². The van der Waals surface area contributed by atoms with E-state index in [-0.39, 0.29) is 10.7 Å². The van der Waals surface area contributed by atoms with Gasteiger partial charge in [-0.2, -0.15) is 0 Å². The van der Waals surface area contributed by atoms with Gasteiger partial charge in [-0.1, -0.05) is 33.6 Å². The van der Waals surface area contributed by atoms with E-state index in [1.54, 1.807) is 11.8 Å². The number of carbonyl (C=O) groups excluding carboxylic acids is 1. The Morgan fingerprint density at radius 2 is 2.00 bits per heavy atom. The van der Waals surface area contributed by atoms with Crippen molar-refractivity contribution in [2.24, 2.45) is 5.92 Å². The second-order valence-electron chi connectivity index (χ2n) is 6.50. The lowest BCUT2D eigenvalue weighted by Gasteiger charge is -2.40. The molecule has 1 aliphatic carbocycles. The molecule has 110 valence electrons. The highest BCUT2D eigenvalue weighted by molar-refractivity contribution is 8.01. The summed E-state index contributed by atoms with van der Waals surface area (Å²) >= 11 is 1.58. The minimum absolute atomic E-state index is 0.0387. The number of nitrogens with one attached hydrogen (secondary N) is 1. The van der Waals surface area contributed by atoms with Crippen molar-refractivity contribution in [1.82, 2.24) is 5.32 Å². The first-order chi connectivity index (χ1) is 8.64. The molecule has 19 heavy (non-hydrogen) atoms. The second kappa shape index (κ2) is 6.16. The first-order valence-corrected chi connectivity index (χ1v) is 7.80. The number of aliphatic carboxylic acids is 1. The van der Waals surface area contributed by atoms with Gasteiger partial charge in [0, 0.05) is 4.75 Å². The number of thioether (sulfide) groups is 1. The van der Waals surface area contributed by atoms with E-state index in [1.165, 1.54) is 0 Å². The number of carboxylic acid groups (broad SMARTS) is 1. The number of rotatable bonds is 4. The number of carbonyl (C=O) groups is 2. The molecule has 0 bridgehead atoms. The first kappa shape index (κ1) is 16.3. The summed E-state index contributed by atoms with van der Waals surface area (Å²) in [5, 5.41) is 12.2. The maximum absolute atomic E-state index is 12.0. The zero-order valence-electron chi connectivity index (χ0n) is 12.3. The molecule has 4 nitrogen and oxygen atoms in total.